The Balaban J connectivity index is 1.55. The molecule has 29 heavy (non-hydrogen) atoms. The van der Waals surface area contributed by atoms with Gasteiger partial charge in [0.25, 0.3) is 0 Å². The number of morpholine rings is 1. The Kier molecular flexibility index (Phi) is 8.78. The summed E-state index contributed by atoms with van der Waals surface area (Å²) in [5, 5.41) is 0. The molecule has 3 aliphatic heterocycles. The second kappa shape index (κ2) is 11.1. The van der Waals surface area contributed by atoms with Crippen LogP contribution in [0.15, 0.2) is 0 Å². The molecule has 3 saturated heterocycles. The first-order valence-electron chi connectivity index (χ1n) is 11.9. The van der Waals surface area contributed by atoms with E-state index >= 15 is 0 Å². The molecule has 3 rings (SSSR count). The zero-order chi connectivity index (χ0) is 20.8. The highest BCUT2D eigenvalue weighted by Crippen LogP contribution is 2.28. The van der Waals surface area contributed by atoms with Gasteiger partial charge >= 0.3 is 0 Å². The Labute approximate surface area is 178 Å². The van der Waals surface area contributed by atoms with E-state index in [-0.39, 0.29) is 0 Å². The fourth-order valence-electron chi connectivity index (χ4n) is 5.52. The van der Waals surface area contributed by atoms with Crippen LogP contribution >= 0.6 is 0 Å². The smallest absolute Gasteiger partial charge is 0.222 e. The molecule has 0 spiro atoms. The van der Waals surface area contributed by atoms with Gasteiger partial charge in [0.2, 0.25) is 5.91 Å². The summed E-state index contributed by atoms with van der Waals surface area (Å²) in [5.74, 6) is 1.64. The van der Waals surface area contributed by atoms with Crippen molar-refractivity contribution in [3.8, 4) is 0 Å². The van der Waals surface area contributed by atoms with Crippen molar-refractivity contribution < 1.29 is 9.53 Å². The molecule has 0 saturated carbocycles. The Bertz CT molecular complexity index is 501. The number of piperidine rings is 2. The molecule has 6 heteroatoms. The summed E-state index contributed by atoms with van der Waals surface area (Å²) in [6.07, 6.45) is 5.17. The van der Waals surface area contributed by atoms with E-state index in [9.17, 15) is 4.79 Å². The summed E-state index contributed by atoms with van der Waals surface area (Å²) in [7, 11) is 4.21. The molecule has 0 aliphatic carbocycles. The number of nitrogens with zero attached hydrogens (tertiary/aromatic N) is 4. The second-order valence-electron chi connectivity index (χ2n) is 10.00. The van der Waals surface area contributed by atoms with Crippen molar-refractivity contribution in [2.45, 2.75) is 58.0 Å². The van der Waals surface area contributed by atoms with Crippen molar-refractivity contribution in [3.05, 3.63) is 0 Å². The minimum atomic E-state index is 0.348. The van der Waals surface area contributed by atoms with Gasteiger partial charge in [0.1, 0.15) is 0 Å². The monoisotopic (exact) mass is 408 g/mol. The Morgan fingerprint density at radius 3 is 2.41 bits per heavy atom. The van der Waals surface area contributed by atoms with E-state index in [1.165, 1.54) is 19.5 Å². The van der Waals surface area contributed by atoms with Gasteiger partial charge in [-0.1, -0.05) is 13.8 Å². The Hall–Kier alpha value is -0.690. The molecule has 2 atom stereocenters. The van der Waals surface area contributed by atoms with E-state index in [4.69, 9.17) is 4.74 Å². The van der Waals surface area contributed by atoms with E-state index in [0.717, 1.165) is 65.2 Å². The zero-order valence-corrected chi connectivity index (χ0v) is 19.3. The predicted molar refractivity (Wildman–Crippen MR) is 118 cm³/mol. The van der Waals surface area contributed by atoms with E-state index in [1.54, 1.807) is 0 Å². The first kappa shape index (κ1) is 23.0. The van der Waals surface area contributed by atoms with Crippen LogP contribution in [0.5, 0.6) is 0 Å². The highest BCUT2D eigenvalue weighted by molar-refractivity contribution is 5.76. The number of carbonyl (C=O) groups is 1. The first-order chi connectivity index (χ1) is 13.9. The molecular formula is C23H44N4O2. The maximum atomic E-state index is 13.0. The van der Waals surface area contributed by atoms with Crippen molar-refractivity contribution in [1.29, 1.82) is 0 Å². The topological polar surface area (TPSA) is 39.3 Å². The largest absolute Gasteiger partial charge is 0.379 e. The summed E-state index contributed by atoms with van der Waals surface area (Å²) in [4.78, 5) is 22.7. The molecule has 3 fully saturated rings. The number of ether oxygens (including phenoxy) is 1. The van der Waals surface area contributed by atoms with Gasteiger partial charge in [-0.15, -0.1) is 0 Å². The van der Waals surface area contributed by atoms with Gasteiger partial charge < -0.3 is 19.4 Å². The van der Waals surface area contributed by atoms with Gasteiger partial charge in [0.05, 0.1) is 13.2 Å². The lowest BCUT2D eigenvalue weighted by Gasteiger charge is -2.45. The quantitative estimate of drug-likeness (QED) is 0.644. The lowest BCUT2D eigenvalue weighted by atomic mass is 9.86. The van der Waals surface area contributed by atoms with Crippen LogP contribution in [0.1, 0.15) is 46.0 Å². The highest BCUT2D eigenvalue weighted by Gasteiger charge is 2.34. The lowest BCUT2D eigenvalue weighted by Crippen LogP contribution is -2.54. The third-order valence-corrected chi connectivity index (χ3v) is 7.27. The third kappa shape index (κ3) is 6.65. The Morgan fingerprint density at radius 2 is 1.76 bits per heavy atom. The molecule has 0 radical (unpaired) electrons. The number of likely N-dealkylation sites (tertiary alicyclic amines) is 2. The van der Waals surface area contributed by atoms with Crippen LogP contribution in [-0.4, -0.2) is 111 Å². The van der Waals surface area contributed by atoms with Gasteiger partial charge in [0.15, 0.2) is 0 Å². The van der Waals surface area contributed by atoms with Gasteiger partial charge in [-0.2, -0.15) is 0 Å². The van der Waals surface area contributed by atoms with Gasteiger partial charge in [0, 0.05) is 51.7 Å². The summed E-state index contributed by atoms with van der Waals surface area (Å²) < 4.78 is 5.59. The van der Waals surface area contributed by atoms with Crippen LogP contribution in [0.25, 0.3) is 0 Å². The summed E-state index contributed by atoms with van der Waals surface area (Å²) in [6.45, 7) is 14.2. The summed E-state index contributed by atoms with van der Waals surface area (Å²) in [6, 6.07) is 1.04. The molecule has 0 bridgehead atoms. The average Bonchev–Trinajstić information content (AvgIpc) is 2.72. The maximum Gasteiger partial charge on any atom is 0.222 e. The van der Waals surface area contributed by atoms with Gasteiger partial charge in [-0.25, -0.2) is 0 Å². The third-order valence-electron chi connectivity index (χ3n) is 7.27. The molecule has 168 valence electrons. The fraction of sp³-hybridized carbons (Fsp3) is 0.957. The number of rotatable bonds is 7. The van der Waals surface area contributed by atoms with Gasteiger partial charge in [-0.3, -0.25) is 9.69 Å². The van der Waals surface area contributed by atoms with Crippen LogP contribution in [0, 0.1) is 11.8 Å². The first-order valence-corrected chi connectivity index (χ1v) is 11.9. The van der Waals surface area contributed by atoms with Crippen LogP contribution in [0.3, 0.4) is 0 Å². The molecular weight excluding hydrogens is 364 g/mol. The lowest BCUT2D eigenvalue weighted by molar-refractivity contribution is -0.133. The normalized spacial score (nSPS) is 28.7. The van der Waals surface area contributed by atoms with Crippen LogP contribution < -0.4 is 0 Å². The highest BCUT2D eigenvalue weighted by atomic mass is 16.5. The van der Waals surface area contributed by atoms with E-state index in [2.05, 4.69) is 40.5 Å². The molecule has 0 aromatic carbocycles. The van der Waals surface area contributed by atoms with Crippen molar-refractivity contribution >= 4 is 5.91 Å². The summed E-state index contributed by atoms with van der Waals surface area (Å²) >= 11 is 0. The molecule has 0 aromatic rings. The van der Waals surface area contributed by atoms with Crippen LogP contribution in [0.4, 0.5) is 0 Å². The molecule has 6 nitrogen and oxygen atoms in total. The predicted octanol–water partition coefficient (Wildman–Crippen LogP) is 2.00. The van der Waals surface area contributed by atoms with Crippen molar-refractivity contribution in [2.24, 2.45) is 11.8 Å². The number of hydrogen-bond acceptors (Lipinski definition) is 5. The fourth-order valence-corrected chi connectivity index (χ4v) is 5.52. The van der Waals surface area contributed by atoms with Crippen LogP contribution in [0.2, 0.25) is 0 Å². The molecule has 3 aliphatic rings. The van der Waals surface area contributed by atoms with Crippen molar-refractivity contribution in [1.82, 2.24) is 19.6 Å². The van der Waals surface area contributed by atoms with E-state index < -0.39 is 0 Å². The molecule has 0 N–H and O–H groups in total. The standard InChI is InChI=1S/C23H44N4O2/c1-19(2)17-26-12-9-22(27-13-15-29-16-14-27)20(18-26)5-6-23(28)25(4)21-7-10-24(3)11-8-21/h19-22H,5-18H2,1-4H3/t20-,22+/m0/s1. The molecule has 3 heterocycles. The SMILES string of the molecule is CC(C)CN1CC[C@@H](N2CCOCC2)[C@@H](CCC(=O)N(C)C2CCN(C)CC2)C1. The molecule has 1 amide bonds. The molecule has 0 aromatic heterocycles. The number of amides is 1. The zero-order valence-electron chi connectivity index (χ0n) is 19.3. The Morgan fingerprint density at radius 1 is 1.07 bits per heavy atom. The van der Waals surface area contributed by atoms with E-state index in [0.29, 0.717) is 36.2 Å². The van der Waals surface area contributed by atoms with E-state index in [1.807, 2.05) is 7.05 Å². The maximum absolute atomic E-state index is 13.0. The van der Waals surface area contributed by atoms with Crippen molar-refractivity contribution in [3.63, 3.8) is 0 Å². The number of hydrogen-bond donors (Lipinski definition) is 0. The minimum Gasteiger partial charge on any atom is -0.379 e. The van der Waals surface area contributed by atoms with Gasteiger partial charge in [-0.05, 0) is 64.2 Å². The second-order valence-corrected chi connectivity index (χ2v) is 10.00. The molecule has 0 unspecified atom stereocenters. The van der Waals surface area contributed by atoms with Crippen molar-refractivity contribution in [2.75, 3.05) is 73.1 Å². The number of carbonyl (C=O) groups excluding carboxylic acids is 1. The van der Waals surface area contributed by atoms with Crippen LogP contribution in [-0.2, 0) is 9.53 Å². The summed E-state index contributed by atoms with van der Waals surface area (Å²) in [5.41, 5.74) is 0. The average molecular weight is 409 g/mol. The minimum absolute atomic E-state index is 0.348.